The molecule has 13 rings (SSSR count). The van der Waals surface area contributed by atoms with Gasteiger partial charge in [0.25, 0.3) is 0 Å². The Balaban J connectivity index is 1.28. The molecule has 0 atom stereocenters. The van der Waals surface area contributed by atoms with Gasteiger partial charge in [-0.15, -0.1) is 0 Å². The summed E-state index contributed by atoms with van der Waals surface area (Å²) in [6.45, 7) is 0. The molecule has 0 aliphatic rings. The predicted molar refractivity (Wildman–Crippen MR) is 236 cm³/mol. The van der Waals surface area contributed by atoms with Gasteiger partial charge in [-0.25, -0.2) is 9.97 Å². The maximum absolute atomic E-state index is 6.82. The van der Waals surface area contributed by atoms with Crippen LogP contribution in [-0.4, -0.2) is 19.1 Å². The number of fused-ring (bicyclic) bond motifs is 15. The normalized spacial score (nSPS) is 12.2. The van der Waals surface area contributed by atoms with Crippen molar-refractivity contribution in [2.45, 2.75) is 0 Å². The molecule has 9 aromatic carbocycles. The number of aromatic nitrogens is 4. The second-order valence-corrected chi connectivity index (χ2v) is 14.9. The standard InChI is InChI=1S/C52H30N4O/c1-2-15-33(16-3-1)48-46-35-19-7-5-14-32(35)25-29-41(46)53-52(54-48)56-44-30-28-39-37-21-9-11-24-45(37)57-51(39)47(44)40-27-26-38-36-20-8-10-22-43(36)55(49(38)50(40)56)42-23-12-17-31-13-4-6-18-34(31)42/h1-30H. The molecule has 13 aromatic rings. The van der Waals surface area contributed by atoms with Gasteiger partial charge >= 0.3 is 0 Å². The summed E-state index contributed by atoms with van der Waals surface area (Å²) < 4.78 is 11.6. The van der Waals surface area contributed by atoms with Crippen molar-refractivity contribution < 1.29 is 4.42 Å². The largest absolute Gasteiger partial charge is 0.455 e. The highest BCUT2D eigenvalue weighted by Crippen LogP contribution is 2.46. The van der Waals surface area contributed by atoms with Crippen molar-refractivity contribution in [1.29, 1.82) is 0 Å². The molecule has 4 heterocycles. The van der Waals surface area contributed by atoms with Crippen LogP contribution in [0.5, 0.6) is 0 Å². The van der Waals surface area contributed by atoms with E-state index in [9.17, 15) is 0 Å². The van der Waals surface area contributed by atoms with Crippen molar-refractivity contribution in [3.8, 4) is 22.9 Å². The zero-order valence-corrected chi connectivity index (χ0v) is 30.5. The van der Waals surface area contributed by atoms with Gasteiger partial charge in [-0.3, -0.25) is 4.57 Å². The average molecular weight is 727 g/mol. The Hall–Kier alpha value is -7.76. The molecule has 0 spiro atoms. The van der Waals surface area contributed by atoms with E-state index in [1.165, 1.54) is 16.2 Å². The highest BCUT2D eigenvalue weighted by molar-refractivity contribution is 6.29. The van der Waals surface area contributed by atoms with E-state index in [1.54, 1.807) is 0 Å². The van der Waals surface area contributed by atoms with Crippen LogP contribution in [0.1, 0.15) is 0 Å². The molecule has 0 saturated heterocycles. The summed E-state index contributed by atoms with van der Waals surface area (Å²) in [5.74, 6) is 0.606. The van der Waals surface area contributed by atoms with Gasteiger partial charge in [-0.2, -0.15) is 0 Å². The van der Waals surface area contributed by atoms with Gasteiger partial charge in [-0.05, 0) is 52.6 Å². The molecule has 5 heteroatoms. The third-order valence-electron chi connectivity index (χ3n) is 11.9. The molecule has 0 saturated carbocycles. The zero-order valence-electron chi connectivity index (χ0n) is 30.5. The monoisotopic (exact) mass is 726 g/mol. The molecular formula is C52H30N4O. The average Bonchev–Trinajstić information content (AvgIpc) is 3.94. The minimum atomic E-state index is 0.606. The van der Waals surface area contributed by atoms with Gasteiger partial charge < -0.3 is 8.98 Å². The van der Waals surface area contributed by atoms with E-state index >= 15 is 0 Å². The fourth-order valence-corrected chi connectivity index (χ4v) is 9.47. The molecule has 0 bridgehead atoms. The molecule has 0 aliphatic carbocycles. The van der Waals surface area contributed by atoms with E-state index in [4.69, 9.17) is 14.4 Å². The fraction of sp³-hybridized carbons (Fsp3) is 0. The topological polar surface area (TPSA) is 48.8 Å². The molecule has 0 aliphatic heterocycles. The SMILES string of the molecule is c1ccc(-c2nc(-n3c4ccc5c6ccccc6oc5c4c4ccc5c6ccccc6n(-c6cccc7ccccc67)c5c43)nc3ccc4ccccc4c23)cc1. The van der Waals surface area contributed by atoms with Crippen molar-refractivity contribution in [3.63, 3.8) is 0 Å². The first-order chi connectivity index (χ1) is 28.3. The van der Waals surface area contributed by atoms with Crippen LogP contribution in [0.2, 0.25) is 0 Å². The number of para-hydroxylation sites is 2. The van der Waals surface area contributed by atoms with E-state index < -0.39 is 0 Å². The smallest absolute Gasteiger partial charge is 0.235 e. The number of hydrogen-bond donors (Lipinski definition) is 0. The van der Waals surface area contributed by atoms with Crippen LogP contribution in [0, 0.1) is 0 Å². The first-order valence-electron chi connectivity index (χ1n) is 19.3. The van der Waals surface area contributed by atoms with Crippen molar-refractivity contribution in [3.05, 3.63) is 182 Å². The lowest BCUT2D eigenvalue weighted by Gasteiger charge is -2.15. The van der Waals surface area contributed by atoms with E-state index in [2.05, 4.69) is 185 Å². The molecule has 0 amide bonds. The van der Waals surface area contributed by atoms with Crippen molar-refractivity contribution >= 4 is 98.0 Å². The van der Waals surface area contributed by atoms with Gasteiger partial charge in [-0.1, -0.05) is 146 Å². The summed E-state index contributed by atoms with van der Waals surface area (Å²) in [6.07, 6.45) is 0. The van der Waals surface area contributed by atoms with E-state index in [1.807, 2.05) is 6.07 Å². The van der Waals surface area contributed by atoms with Crippen LogP contribution in [0.15, 0.2) is 186 Å². The summed E-state index contributed by atoms with van der Waals surface area (Å²) in [7, 11) is 0. The van der Waals surface area contributed by atoms with Crippen LogP contribution >= 0.6 is 0 Å². The molecule has 264 valence electrons. The Morgan fingerprint density at radius 3 is 1.93 bits per heavy atom. The summed E-state index contributed by atoms with van der Waals surface area (Å²) in [5, 5.41) is 12.3. The van der Waals surface area contributed by atoms with Crippen molar-refractivity contribution in [2.75, 3.05) is 0 Å². The Morgan fingerprint density at radius 1 is 0.386 bits per heavy atom. The molecule has 0 N–H and O–H groups in total. The summed E-state index contributed by atoms with van der Waals surface area (Å²) in [5.41, 5.74) is 9.91. The van der Waals surface area contributed by atoms with Crippen LogP contribution in [0.25, 0.3) is 121 Å². The Bertz CT molecular complexity index is 3810. The van der Waals surface area contributed by atoms with Gasteiger partial charge in [0, 0.05) is 43.3 Å². The molecule has 0 unspecified atom stereocenters. The fourth-order valence-electron chi connectivity index (χ4n) is 9.47. The maximum atomic E-state index is 6.82. The number of nitrogens with zero attached hydrogens (tertiary/aromatic N) is 4. The maximum Gasteiger partial charge on any atom is 0.235 e. The first-order valence-corrected chi connectivity index (χ1v) is 19.3. The minimum Gasteiger partial charge on any atom is -0.455 e. The minimum absolute atomic E-state index is 0.606. The third-order valence-corrected chi connectivity index (χ3v) is 11.9. The molecule has 0 radical (unpaired) electrons. The van der Waals surface area contributed by atoms with Gasteiger partial charge in [0.15, 0.2) is 0 Å². The van der Waals surface area contributed by atoms with Crippen molar-refractivity contribution in [2.24, 2.45) is 0 Å². The number of furan rings is 1. The predicted octanol–water partition coefficient (Wildman–Crippen LogP) is 13.7. The van der Waals surface area contributed by atoms with Crippen LogP contribution in [-0.2, 0) is 0 Å². The second kappa shape index (κ2) is 11.4. The Kier molecular flexibility index (Phi) is 6.10. The quantitative estimate of drug-likeness (QED) is 0.170. The van der Waals surface area contributed by atoms with Gasteiger partial charge in [0.2, 0.25) is 5.95 Å². The van der Waals surface area contributed by atoms with E-state index in [-0.39, 0.29) is 0 Å². The van der Waals surface area contributed by atoms with Crippen LogP contribution < -0.4 is 0 Å². The first kappa shape index (κ1) is 30.6. The summed E-state index contributed by atoms with van der Waals surface area (Å²) >= 11 is 0. The third kappa shape index (κ3) is 4.17. The van der Waals surface area contributed by atoms with Gasteiger partial charge in [0.1, 0.15) is 11.2 Å². The Labute approximate surface area is 325 Å². The number of benzene rings is 9. The second-order valence-electron chi connectivity index (χ2n) is 14.9. The lowest BCUT2D eigenvalue weighted by molar-refractivity contribution is 0.673. The lowest BCUT2D eigenvalue weighted by atomic mass is 10.0. The molecular weight excluding hydrogens is 697 g/mol. The van der Waals surface area contributed by atoms with E-state index in [0.717, 1.165) is 98.8 Å². The highest BCUT2D eigenvalue weighted by atomic mass is 16.3. The summed E-state index contributed by atoms with van der Waals surface area (Å²) in [4.78, 5) is 11.1. The van der Waals surface area contributed by atoms with E-state index in [0.29, 0.717) is 5.95 Å². The molecule has 57 heavy (non-hydrogen) atoms. The van der Waals surface area contributed by atoms with Gasteiger partial charge in [0.05, 0.1) is 44.4 Å². The molecule has 4 aromatic heterocycles. The Morgan fingerprint density at radius 2 is 1.05 bits per heavy atom. The number of hydrogen-bond acceptors (Lipinski definition) is 3. The molecule has 0 fully saturated rings. The zero-order chi connectivity index (χ0) is 37.2. The lowest BCUT2D eigenvalue weighted by Crippen LogP contribution is -2.05. The number of rotatable bonds is 3. The van der Waals surface area contributed by atoms with Crippen LogP contribution in [0.3, 0.4) is 0 Å². The van der Waals surface area contributed by atoms with Crippen LogP contribution in [0.4, 0.5) is 0 Å². The molecule has 5 nitrogen and oxygen atoms in total. The highest BCUT2D eigenvalue weighted by Gasteiger charge is 2.26. The summed E-state index contributed by atoms with van der Waals surface area (Å²) in [6, 6.07) is 64.6. The van der Waals surface area contributed by atoms with Crippen molar-refractivity contribution in [1.82, 2.24) is 19.1 Å².